The van der Waals surface area contributed by atoms with Gasteiger partial charge < -0.3 is 16.0 Å². The van der Waals surface area contributed by atoms with Gasteiger partial charge in [-0.2, -0.15) is 0 Å². The topological polar surface area (TPSA) is 70.2 Å². The molecule has 1 aliphatic heterocycles. The van der Waals surface area contributed by atoms with Gasteiger partial charge in [-0.05, 0) is 44.0 Å². The highest BCUT2D eigenvalue weighted by Gasteiger charge is 2.20. The van der Waals surface area contributed by atoms with Gasteiger partial charge in [-0.1, -0.05) is 19.4 Å². The Morgan fingerprint density at radius 3 is 2.76 bits per heavy atom. The fraction of sp³-hybridized carbons (Fsp3) is 0.500. The zero-order valence-electron chi connectivity index (χ0n) is 12.7. The molecule has 3 N–H and O–H groups in total. The minimum atomic E-state index is -0.118. The van der Waals surface area contributed by atoms with Crippen LogP contribution >= 0.6 is 0 Å². The molecule has 114 valence electrons. The molecule has 21 heavy (non-hydrogen) atoms. The molecular formula is C16H23N3O2. The van der Waals surface area contributed by atoms with Crippen molar-refractivity contribution in [2.45, 2.75) is 45.6 Å². The first-order valence-electron chi connectivity index (χ1n) is 7.55. The first kappa shape index (κ1) is 15.5. The number of benzene rings is 1. The van der Waals surface area contributed by atoms with Crippen molar-refractivity contribution in [3.63, 3.8) is 0 Å². The minimum absolute atomic E-state index is 0.00299. The average Bonchev–Trinajstić information content (AvgIpc) is 2.51. The minimum Gasteiger partial charge on any atom is -0.326 e. The molecule has 2 rings (SSSR count). The van der Waals surface area contributed by atoms with Gasteiger partial charge in [-0.25, -0.2) is 0 Å². The predicted molar refractivity (Wildman–Crippen MR) is 84.4 cm³/mol. The van der Waals surface area contributed by atoms with Crippen molar-refractivity contribution >= 4 is 23.2 Å². The lowest BCUT2D eigenvalue weighted by Crippen LogP contribution is -2.43. The van der Waals surface area contributed by atoms with Crippen LogP contribution in [0.25, 0.3) is 0 Å². The Hall–Kier alpha value is -1.88. The Labute approximate surface area is 125 Å². The summed E-state index contributed by atoms with van der Waals surface area (Å²) in [5, 5.41) is 9.00. The molecule has 1 aromatic carbocycles. The largest absolute Gasteiger partial charge is 0.326 e. The molecule has 5 nitrogen and oxygen atoms in total. The van der Waals surface area contributed by atoms with Gasteiger partial charge in [0.15, 0.2) is 0 Å². The Kier molecular flexibility index (Phi) is 5.33. The zero-order chi connectivity index (χ0) is 15.2. The maximum Gasteiger partial charge on any atom is 0.241 e. The molecule has 0 aromatic heterocycles. The number of anilines is 2. The molecule has 1 atom stereocenters. The normalized spacial score (nSPS) is 18.1. The van der Waals surface area contributed by atoms with E-state index < -0.39 is 0 Å². The third-order valence-corrected chi connectivity index (χ3v) is 3.73. The molecular weight excluding hydrogens is 266 g/mol. The van der Waals surface area contributed by atoms with Crippen LogP contribution < -0.4 is 16.0 Å². The Balaban J connectivity index is 2.05. The van der Waals surface area contributed by atoms with Gasteiger partial charge in [-0.3, -0.25) is 9.59 Å². The molecule has 0 bridgehead atoms. The molecule has 0 saturated carbocycles. The maximum atomic E-state index is 12.2. The number of carbonyl (C=O) groups is 2. The first-order valence-corrected chi connectivity index (χ1v) is 7.55. The van der Waals surface area contributed by atoms with E-state index in [1.807, 2.05) is 25.1 Å². The Bertz CT molecular complexity index is 522. The SMILES string of the molecule is CCC(=O)Nc1ccc(C)c(NC(=O)C2CCCCN2)c1. The fourth-order valence-corrected chi connectivity index (χ4v) is 2.38. The number of rotatable bonds is 4. The second kappa shape index (κ2) is 7.22. The van der Waals surface area contributed by atoms with Crippen LogP contribution in [-0.4, -0.2) is 24.4 Å². The fourth-order valence-electron chi connectivity index (χ4n) is 2.38. The quantitative estimate of drug-likeness (QED) is 0.797. The third-order valence-electron chi connectivity index (χ3n) is 3.73. The lowest BCUT2D eigenvalue weighted by molar-refractivity contribution is -0.118. The number of piperidine rings is 1. The van der Waals surface area contributed by atoms with E-state index in [9.17, 15) is 9.59 Å². The number of aryl methyl sites for hydroxylation is 1. The molecule has 1 aromatic rings. The van der Waals surface area contributed by atoms with Crippen LogP contribution in [0, 0.1) is 6.92 Å². The van der Waals surface area contributed by atoms with Crippen LogP contribution in [0.3, 0.4) is 0 Å². The summed E-state index contributed by atoms with van der Waals surface area (Å²) in [5.74, 6) is -0.0400. The van der Waals surface area contributed by atoms with Gasteiger partial charge in [0.05, 0.1) is 6.04 Å². The van der Waals surface area contributed by atoms with Crippen LogP contribution in [0.2, 0.25) is 0 Å². The molecule has 5 heteroatoms. The van der Waals surface area contributed by atoms with Gasteiger partial charge in [0.25, 0.3) is 0 Å². The Morgan fingerprint density at radius 1 is 1.29 bits per heavy atom. The summed E-state index contributed by atoms with van der Waals surface area (Å²) in [6.45, 7) is 4.64. The highest BCUT2D eigenvalue weighted by atomic mass is 16.2. The van der Waals surface area contributed by atoms with Gasteiger partial charge in [0.2, 0.25) is 11.8 Å². The van der Waals surface area contributed by atoms with E-state index >= 15 is 0 Å². The predicted octanol–water partition coefficient (Wildman–Crippen LogP) is 2.42. The standard InChI is InChI=1S/C16H23N3O2/c1-3-15(20)18-12-8-7-11(2)14(10-12)19-16(21)13-6-4-5-9-17-13/h7-8,10,13,17H,3-6,9H2,1-2H3,(H,18,20)(H,19,21). The molecule has 1 fully saturated rings. The summed E-state index contributed by atoms with van der Waals surface area (Å²) in [4.78, 5) is 23.7. The smallest absolute Gasteiger partial charge is 0.241 e. The van der Waals surface area contributed by atoms with Crippen molar-refractivity contribution < 1.29 is 9.59 Å². The van der Waals surface area contributed by atoms with E-state index in [2.05, 4.69) is 16.0 Å². The van der Waals surface area contributed by atoms with Crippen LogP contribution in [0.4, 0.5) is 11.4 Å². The summed E-state index contributed by atoms with van der Waals surface area (Å²) in [6.07, 6.45) is 3.51. The summed E-state index contributed by atoms with van der Waals surface area (Å²) in [5.41, 5.74) is 2.44. The van der Waals surface area contributed by atoms with Gasteiger partial charge in [0, 0.05) is 17.8 Å². The number of hydrogen-bond acceptors (Lipinski definition) is 3. The number of amides is 2. The molecule has 0 radical (unpaired) electrons. The van der Waals surface area contributed by atoms with Gasteiger partial charge >= 0.3 is 0 Å². The van der Waals surface area contributed by atoms with Gasteiger partial charge in [0.1, 0.15) is 0 Å². The summed E-state index contributed by atoms with van der Waals surface area (Å²) < 4.78 is 0. The molecule has 0 aliphatic carbocycles. The molecule has 1 unspecified atom stereocenters. The molecule has 1 heterocycles. The van der Waals surface area contributed by atoms with E-state index in [1.54, 1.807) is 6.92 Å². The van der Waals surface area contributed by atoms with E-state index in [0.29, 0.717) is 12.1 Å². The van der Waals surface area contributed by atoms with E-state index in [4.69, 9.17) is 0 Å². The maximum absolute atomic E-state index is 12.2. The lowest BCUT2D eigenvalue weighted by Gasteiger charge is -2.23. The highest BCUT2D eigenvalue weighted by Crippen LogP contribution is 2.21. The summed E-state index contributed by atoms with van der Waals surface area (Å²) in [7, 11) is 0. The van der Waals surface area contributed by atoms with Crippen LogP contribution in [-0.2, 0) is 9.59 Å². The highest BCUT2D eigenvalue weighted by molar-refractivity contribution is 5.97. The van der Waals surface area contributed by atoms with E-state index in [-0.39, 0.29) is 17.9 Å². The van der Waals surface area contributed by atoms with Crippen LogP contribution in [0.15, 0.2) is 18.2 Å². The number of carbonyl (C=O) groups excluding carboxylic acids is 2. The monoisotopic (exact) mass is 289 g/mol. The summed E-state index contributed by atoms with van der Waals surface area (Å²) >= 11 is 0. The Morgan fingerprint density at radius 2 is 2.10 bits per heavy atom. The van der Waals surface area contributed by atoms with Gasteiger partial charge in [-0.15, -0.1) is 0 Å². The second-order valence-corrected chi connectivity index (χ2v) is 5.42. The third kappa shape index (κ3) is 4.29. The van der Waals surface area contributed by atoms with Crippen LogP contribution in [0.5, 0.6) is 0 Å². The summed E-state index contributed by atoms with van der Waals surface area (Å²) in [6, 6.07) is 5.43. The number of nitrogens with one attached hydrogen (secondary N) is 3. The number of hydrogen-bond donors (Lipinski definition) is 3. The van der Waals surface area contributed by atoms with Crippen molar-refractivity contribution in [1.29, 1.82) is 0 Å². The molecule has 1 saturated heterocycles. The second-order valence-electron chi connectivity index (χ2n) is 5.42. The lowest BCUT2D eigenvalue weighted by atomic mass is 10.0. The first-order chi connectivity index (χ1) is 10.1. The van der Waals surface area contributed by atoms with Crippen molar-refractivity contribution in [3.8, 4) is 0 Å². The van der Waals surface area contributed by atoms with Crippen molar-refractivity contribution in [1.82, 2.24) is 5.32 Å². The van der Waals surface area contributed by atoms with Crippen molar-refractivity contribution in [2.24, 2.45) is 0 Å². The molecule has 0 spiro atoms. The molecule has 1 aliphatic rings. The van der Waals surface area contributed by atoms with Crippen LogP contribution in [0.1, 0.15) is 38.2 Å². The molecule has 2 amide bonds. The zero-order valence-corrected chi connectivity index (χ0v) is 12.7. The van der Waals surface area contributed by atoms with E-state index in [1.165, 1.54) is 0 Å². The van der Waals surface area contributed by atoms with Crippen molar-refractivity contribution in [3.05, 3.63) is 23.8 Å². The van der Waals surface area contributed by atoms with E-state index in [0.717, 1.165) is 37.1 Å². The average molecular weight is 289 g/mol. The van der Waals surface area contributed by atoms with Crippen molar-refractivity contribution in [2.75, 3.05) is 17.2 Å².